The van der Waals surface area contributed by atoms with Crippen molar-refractivity contribution in [3.63, 3.8) is 0 Å². The van der Waals surface area contributed by atoms with Gasteiger partial charge in [0.05, 0.1) is 19.3 Å². The molecule has 6 rings (SSSR count). The summed E-state index contributed by atoms with van der Waals surface area (Å²) in [6.07, 6.45) is 13.1. The Morgan fingerprint density at radius 3 is 2.41 bits per heavy atom. The number of methoxy groups -OCH3 is 1. The van der Waals surface area contributed by atoms with E-state index in [2.05, 4.69) is 53.2 Å². The number of pyridine rings is 1. The molecule has 41 heavy (non-hydrogen) atoms. The van der Waals surface area contributed by atoms with E-state index in [0.717, 1.165) is 54.1 Å². The molecule has 0 bridgehead atoms. The van der Waals surface area contributed by atoms with Gasteiger partial charge in [0.15, 0.2) is 0 Å². The lowest BCUT2D eigenvalue weighted by Gasteiger charge is -2.35. The standard InChI is InChI=1S/C34H42N4O3/c1-22-16-27(10-15-32(22)41-3)25-6-4-24(5-7-25)20-37(34(40)26-8-13-31(39)14-9-26)33-18-28(17-23(2)36-33)29-19-35-38(21-29)30-11-12-30/h10,15-19,21,24-26,30H,4-9,11-14,20H2,1-3H3. The molecule has 0 saturated heterocycles. The van der Waals surface area contributed by atoms with E-state index < -0.39 is 0 Å². The Kier molecular flexibility index (Phi) is 7.96. The van der Waals surface area contributed by atoms with Crippen molar-refractivity contribution >= 4 is 17.5 Å². The van der Waals surface area contributed by atoms with Crippen molar-refractivity contribution in [3.05, 3.63) is 59.5 Å². The summed E-state index contributed by atoms with van der Waals surface area (Å²) in [7, 11) is 1.72. The highest BCUT2D eigenvalue weighted by molar-refractivity contribution is 5.96. The molecule has 2 heterocycles. The van der Waals surface area contributed by atoms with Gasteiger partial charge in [-0.1, -0.05) is 12.1 Å². The monoisotopic (exact) mass is 554 g/mol. The minimum absolute atomic E-state index is 0.116. The summed E-state index contributed by atoms with van der Waals surface area (Å²) in [6, 6.07) is 11.2. The molecule has 0 aliphatic heterocycles. The van der Waals surface area contributed by atoms with Gasteiger partial charge in [0.25, 0.3) is 0 Å². The predicted octanol–water partition coefficient (Wildman–Crippen LogP) is 6.97. The van der Waals surface area contributed by atoms with Gasteiger partial charge < -0.3 is 4.74 Å². The minimum Gasteiger partial charge on any atom is -0.496 e. The highest BCUT2D eigenvalue weighted by atomic mass is 16.5. The van der Waals surface area contributed by atoms with Crippen LogP contribution in [0.3, 0.4) is 0 Å². The predicted molar refractivity (Wildman–Crippen MR) is 160 cm³/mol. The zero-order valence-electron chi connectivity index (χ0n) is 24.6. The third kappa shape index (κ3) is 6.24. The summed E-state index contributed by atoms with van der Waals surface area (Å²) in [5.41, 5.74) is 5.58. The molecular weight excluding hydrogens is 512 g/mol. The number of anilines is 1. The second-order valence-corrected chi connectivity index (χ2v) is 12.5. The first-order valence-electron chi connectivity index (χ1n) is 15.4. The SMILES string of the molecule is COc1ccc(C2CCC(CN(C(=O)C3CCC(=O)CC3)c3cc(-c4cnn(C5CC5)c4)cc(C)n3)CC2)cc1C. The zero-order valence-corrected chi connectivity index (χ0v) is 24.6. The maximum Gasteiger partial charge on any atom is 0.231 e. The van der Waals surface area contributed by atoms with Crippen LogP contribution in [0, 0.1) is 25.7 Å². The molecule has 0 radical (unpaired) electrons. The number of nitrogens with zero attached hydrogens (tertiary/aromatic N) is 4. The first kappa shape index (κ1) is 27.7. The number of ketones is 1. The van der Waals surface area contributed by atoms with Crippen molar-refractivity contribution in [3.8, 4) is 16.9 Å². The fourth-order valence-electron chi connectivity index (χ4n) is 6.78. The first-order chi connectivity index (χ1) is 19.9. The number of ether oxygens (including phenoxy) is 1. The lowest BCUT2D eigenvalue weighted by molar-refractivity contribution is -0.126. The molecule has 0 N–H and O–H groups in total. The van der Waals surface area contributed by atoms with E-state index in [-0.39, 0.29) is 17.6 Å². The van der Waals surface area contributed by atoms with Crippen molar-refractivity contribution in [1.29, 1.82) is 0 Å². The lowest BCUT2D eigenvalue weighted by Crippen LogP contribution is -2.42. The van der Waals surface area contributed by atoms with Crippen molar-refractivity contribution in [2.75, 3.05) is 18.6 Å². The molecule has 0 atom stereocenters. The number of amides is 1. The number of hydrogen-bond donors (Lipinski definition) is 0. The van der Waals surface area contributed by atoms with Gasteiger partial charge in [0.1, 0.15) is 17.4 Å². The van der Waals surface area contributed by atoms with E-state index in [1.54, 1.807) is 7.11 Å². The quantitative estimate of drug-likeness (QED) is 0.300. The number of carbonyl (C=O) groups excluding carboxylic acids is 2. The lowest BCUT2D eigenvalue weighted by atomic mass is 9.78. The summed E-state index contributed by atoms with van der Waals surface area (Å²) in [5, 5.41) is 4.59. The van der Waals surface area contributed by atoms with Gasteiger partial charge >= 0.3 is 0 Å². The molecule has 3 aliphatic carbocycles. The number of rotatable bonds is 8. The summed E-state index contributed by atoms with van der Waals surface area (Å²) in [4.78, 5) is 32.9. The summed E-state index contributed by atoms with van der Waals surface area (Å²) in [5.74, 6) is 2.91. The summed E-state index contributed by atoms with van der Waals surface area (Å²) >= 11 is 0. The average molecular weight is 555 g/mol. The second-order valence-electron chi connectivity index (χ2n) is 12.5. The maximum atomic E-state index is 14.1. The number of hydrogen-bond acceptors (Lipinski definition) is 5. The van der Waals surface area contributed by atoms with Crippen molar-refractivity contribution in [1.82, 2.24) is 14.8 Å². The largest absolute Gasteiger partial charge is 0.496 e. The molecule has 3 fully saturated rings. The molecule has 3 aliphatic rings. The van der Waals surface area contributed by atoms with E-state index in [9.17, 15) is 9.59 Å². The van der Waals surface area contributed by atoms with Crippen LogP contribution >= 0.6 is 0 Å². The molecular formula is C34H42N4O3. The summed E-state index contributed by atoms with van der Waals surface area (Å²) in [6.45, 7) is 4.79. The Morgan fingerprint density at radius 1 is 0.976 bits per heavy atom. The smallest absolute Gasteiger partial charge is 0.231 e. The molecule has 7 nitrogen and oxygen atoms in total. The van der Waals surface area contributed by atoms with E-state index >= 15 is 0 Å². The van der Waals surface area contributed by atoms with Gasteiger partial charge in [0.2, 0.25) is 5.91 Å². The number of carbonyl (C=O) groups is 2. The molecule has 1 amide bonds. The van der Waals surface area contributed by atoms with E-state index in [1.165, 1.54) is 24.0 Å². The Morgan fingerprint density at radius 2 is 1.73 bits per heavy atom. The number of aryl methyl sites for hydroxylation is 2. The van der Waals surface area contributed by atoms with E-state index in [0.29, 0.717) is 50.1 Å². The fraction of sp³-hybridized carbons (Fsp3) is 0.529. The second kappa shape index (κ2) is 11.8. The Balaban J connectivity index is 1.22. The third-order valence-corrected chi connectivity index (χ3v) is 9.41. The van der Waals surface area contributed by atoms with Gasteiger partial charge in [0, 0.05) is 42.8 Å². The fourth-order valence-corrected chi connectivity index (χ4v) is 6.78. The molecule has 3 aromatic rings. The van der Waals surface area contributed by atoms with Crippen LogP contribution in [-0.2, 0) is 9.59 Å². The topological polar surface area (TPSA) is 77.3 Å². The van der Waals surface area contributed by atoms with Gasteiger partial charge in [-0.15, -0.1) is 0 Å². The van der Waals surface area contributed by atoms with E-state index in [4.69, 9.17) is 9.72 Å². The average Bonchev–Trinajstić information content (AvgIpc) is 3.71. The third-order valence-electron chi connectivity index (χ3n) is 9.41. The van der Waals surface area contributed by atoms with Gasteiger partial charge in [-0.05, 0) is 112 Å². The van der Waals surface area contributed by atoms with Crippen LogP contribution in [0.1, 0.15) is 93.0 Å². The molecule has 216 valence electrons. The van der Waals surface area contributed by atoms with Gasteiger partial charge in [-0.25, -0.2) is 4.98 Å². The first-order valence-corrected chi connectivity index (χ1v) is 15.4. The maximum absolute atomic E-state index is 14.1. The van der Waals surface area contributed by atoms with Crippen LogP contribution in [0.25, 0.3) is 11.1 Å². The Hall–Kier alpha value is -3.48. The molecule has 7 heteroatoms. The molecule has 2 aromatic heterocycles. The highest BCUT2D eigenvalue weighted by Crippen LogP contribution is 2.39. The molecule has 0 unspecified atom stereocenters. The van der Waals surface area contributed by atoms with Crippen molar-refractivity contribution in [2.24, 2.45) is 11.8 Å². The van der Waals surface area contributed by atoms with Crippen LogP contribution in [-0.4, -0.2) is 40.1 Å². The molecule has 0 spiro atoms. The molecule has 1 aromatic carbocycles. The minimum atomic E-state index is -0.116. The highest BCUT2D eigenvalue weighted by Gasteiger charge is 2.33. The molecule has 3 saturated carbocycles. The Bertz CT molecular complexity index is 1410. The summed E-state index contributed by atoms with van der Waals surface area (Å²) < 4.78 is 7.53. The van der Waals surface area contributed by atoms with Crippen LogP contribution < -0.4 is 9.64 Å². The Labute approximate surface area is 243 Å². The van der Waals surface area contributed by atoms with Crippen LogP contribution in [0.15, 0.2) is 42.7 Å². The number of Topliss-reactive ketones (excluding diaryl/α,β-unsaturated/α-hetero) is 1. The van der Waals surface area contributed by atoms with Crippen LogP contribution in [0.4, 0.5) is 5.82 Å². The number of benzene rings is 1. The van der Waals surface area contributed by atoms with Gasteiger partial charge in [-0.2, -0.15) is 5.10 Å². The van der Waals surface area contributed by atoms with Crippen molar-refractivity contribution < 1.29 is 14.3 Å². The normalized spacial score (nSPS) is 21.6. The van der Waals surface area contributed by atoms with Crippen LogP contribution in [0.2, 0.25) is 0 Å². The zero-order chi connectivity index (χ0) is 28.5. The number of aromatic nitrogens is 3. The van der Waals surface area contributed by atoms with Gasteiger partial charge in [-0.3, -0.25) is 19.2 Å². The van der Waals surface area contributed by atoms with Crippen molar-refractivity contribution in [2.45, 2.75) is 90.0 Å². The van der Waals surface area contributed by atoms with Crippen LogP contribution in [0.5, 0.6) is 5.75 Å². The van der Waals surface area contributed by atoms with E-state index in [1.807, 2.05) is 18.0 Å².